The minimum Gasteiger partial charge on any atom is -0.490 e. The largest absolute Gasteiger partial charge is 0.490 e. The Labute approximate surface area is 114 Å². The predicted molar refractivity (Wildman–Crippen MR) is 72.4 cm³/mol. The van der Waals surface area contributed by atoms with Gasteiger partial charge in [-0.2, -0.15) is 0 Å². The van der Waals surface area contributed by atoms with E-state index in [9.17, 15) is 4.79 Å². The molecule has 0 amide bonds. The first kappa shape index (κ1) is 14.0. The lowest BCUT2D eigenvalue weighted by Crippen LogP contribution is -1.98. The van der Waals surface area contributed by atoms with Crippen LogP contribution in [0.2, 0.25) is 0 Å². The molecule has 0 radical (unpaired) electrons. The van der Waals surface area contributed by atoms with Gasteiger partial charge in [-0.05, 0) is 30.3 Å². The second-order valence-corrected chi connectivity index (χ2v) is 3.57. The topological polar surface area (TPSA) is 44.8 Å². The highest BCUT2D eigenvalue weighted by molar-refractivity contribution is 14.1. The quantitative estimate of drug-likeness (QED) is 0.586. The molecule has 0 bridgehead atoms. The molecule has 1 aromatic carbocycles. The van der Waals surface area contributed by atoms with Crippen LogP contribution in [0.5, 0.6) is 5.75 Å². The molecule has 1 rings (SSSR count). The highest BCUT2D eigenvalue weighted by Gasteiger charge is 2.04. The molecule has 0 saturated carbocycles. The third-order valence-electron chi connectivity index (χ3n) is 1.94. The van der Waals surface area contributed by atoms with Crippen molar-refractivity contribution in [3.63, 3.8) is 0 Å². The maximum Gasteiger partial charge on any atom is 0.347 e. The van der Waals surface area contributed by atoms with Gasteiger partial charge in [0.1, 0.15) is 12.4 Å². The van der Waals surface area contributed by atoms with E-state index in [1.54, 1.807) is 54.4 Å². The number of ether oxygens (including phenoxy) is 2. The number of carbonyl (C=O) groups excluding carboxylic acids is 1. The summed E-state index contributed by atoms with van der Waals surface area (Å²) in [6.45, 7) is 1.04. The number of methoxy groups -OCH3 is 1. The molecule has 5 heteroatoms. The molecule has 17 heavy (non-hydrogen) atoms. The number of halogens is 1. The molecule has 0 saturated heterocycles. The summed E-state index contributed by atoms with van der Waals surface area (Å²) >= 11 is 1.56. The van der Waals surface area contributed by atoms with E-state index in [1.165, 1.54) is 0 Å². The Morgan fingerprint density at radius 2 is 1.88 bits per heavy atom. The van der Waals surface area contributed by atoms with Gasteiger partial charge in [0.25, 0.3) is 0 Å². The van der Waals surface area contributed by atoms with Gasteiger partial charge in [0.15, 0.2) is 23.0 Å². The molecular weight excluding hydrogens is 335 g/mol. The zero-order valence-corrected chi connectivity index (χ0v) is 11.5. The first-order valence-electron chi connectivity index (χ1n) is 4.97. The third-order valence-corrected chi connectivity index (χ3v) is 2.34. The van der Waals surface area contributed by atoms with Gasteiger partial charge in [0, 0.05) is 7.11 Å². The van der Waals surface area contributed by atoms with E-state index in [2.05, 4.69) is 3.07 Å². The highest BCUT2D eigenvalue weighted by atomic mass is 127. The molecule has 0 aliphatic carbocycles. The lowest BCUT2D eigenvalue weighted by Gasteiger charge is -2.03. The second kappa shape index (κ2) is 8.08. The Kier molecular flexibility index (Phi) is 6.64. The minimum atomic E-state index is -0.364. The summed E-state index contributed by atoms with van der Waals surface area (Å²) in [7, 11) is 1.64. The van der Waals surface area contributed by atoms with Crippen LogP contribution < -0.4 is 4.74 Å². The third kappa shape index (κ3) is 5.18. The SMILES string of the molecule is COC/C=C\COc1ccc(C(=O)OI)cc1. The normalized spacial score (nSPS) is 10.5. The number of hydrogen-bond donors (Lipinski definition) is 0. The fourth-order valence-corrected chi connectivity index (χ4v) is 1.36. The van der Waals surface area contributed by atoms with E-state index in [-0.39, 0.29) is 5.97 Å². The maximum atomic E-state index is 11.2. The number of benzene rings is 1. The Balaban J connectivity index is 2.43. The molecular formula is C12H13IO4. The second-order valence-electron chi connectivity index (χ2n) is 3.13. The average molecular weight is 348 g/mol. The summed E-state index contributed by atoms with van der Waals surface area (Å²) in [5.74, 6) is 0.342. The summed E-state index contributed by atoms with van der Waals surface area (Å²) in [5.41, 5.74) is 0.502. The Morgan fingerprint density at radius 1 is 1.24 bits per heavy atom. The van der Waals surface area contributed by atoms with Gasteiger partial charge in [0.05, 0.1) is 12.2 Å². The van der Waals surface area contributed by atoms with Crippen LogP contribution in [0.4, 0.5) is 0 Å². The molecule has 0 heterocycles. The first-order chi connectivity index (χ1) is 8.27. The Morgan fingerprint density at radius 3 is 2.47 bits per heavy atom. The summed E-state index contributed by atoms with van der Waals surface area (Å²) < 4.78 is 14.8. The molecule has 0 fully saturated rings. The smallest absolute Gasteiger partial charge is 0.347 e. The molecule has 0 aromatic heterocycles. The molecule has 0 N–H and O–H groups in total. The first-order valence-corrected chi connectivity index (χ1v) is 5.85. The standard InChI is InChI=1S/C12H13IO4/c1-15-8-2-3-9-16-11-6-4-10(5-7-11)12(14)17-13/h2-7H,8-9H2,1H3/b3-2-. The number of rotatable bonds is 6. The monoisotopic (exact) mass is 348 g/mol. The van der Waals surface area contributed by atoms with E-state index in [0.29, 0.717) is 24.5 Å². The van der Waals surface area contributed by atoms with Crippen molar-refractivity contribution in [2.24, 2.45) is 0 Å². The summed E-state index contributed by atoms with van der Waals surface area (Å²) in [6, 6.07) is 6.78. The molecule has 0 unspecified atom stereocenters. The van der Waals surface area contributed by atoms with Crippen molar-refractivity contribution in [2.45, 2.75) is 0 Å². The van der Waals surface area contributed by atoms with Crippen molar-refractivity contribution in [1.82, 2.24) is 0 Å². The van der Waals surface area contributed by atoms with E-state index < -0.39 is 0 Å². The van der Waals surface area contributed by atoms with Crippen LogP contribution in [0.25, 0.3) is 0 Å². The van der Waals surface area contributed by atoms with Gasteiger partial charge in [0.2, 0.25) is 0 Å². The molecule has 0 aliphatic heterocycles. The Bertz CT molecular complexity index is 373. The van der Waals surface area contributed by atoms with Gasteiger partial charge in [-0.15, -0.1) is 0 Å². The fourth-order valence-electron chi connectivity index (χ4n) is 1.11. The van der Waals surface area contributed by atoms with Crippen molar-refractivity contribution >= 4 is 29.0 Å². The Hall–Kier alpha value is -1.08. The average Bonchev–Trinajstić information content (AvgIpc) is 2.38. The van der Waals surface area contributed by atoms with Crippen LogP contribution in [-0.2, 0) is 7.80 Å². The van der Waals surface area contributed by atoms with Crippen molar-refractivity contribution in [3.05, 3.63) is 42.0 Å². The van der Waals surface area contributed by atoms with Crippen molar-refractivity contribution in [3.8, 4) is 5.75 Å². The van der Waals surface area contributed by atoms with Crippen molar-refractivity contribution < 1.29 is 17.3 Å². The van der Waals surface area contributed by atoms with E-state index in [4.69, 9.17) is 9.47 Å². The van der Waals surface area contributed by atoms with E-state index >= 15 is 0 Å². The van der Waals surface area contributed by atoms with Crippen LogP contribution in [0.3, 0.4) is 0 Å². The lowest BCUT2D eigenvalue weighted by molar-refractivity contribution is 0.0800. The van der Waals surface area contributed by atoms with Gasteiger partial charge in [-0.3, -0.25) is 0 Å². The van der Waals surface area contributed by atoms with Crippen LogP contribution in [-0.4, -0.2) is 26.3 Å². The van der Waals surface area contributed by atoms with Crippen LogP contribution in [0.1, 0.15) is 10.4 Å². The van der Waals surface area contributed by atoms with Gasteiger partial charge in [-0.1, -0.05) is 6.08 Å². The summed E-state index contributed by atoms with van der Waals surface area (Å²) in [4.78, 5) is 11.2. The zero-order valence-electron chi connectivity index (χ0n) is 9.39. The fraction of sp³-hybridized carbons (Fsp3) is 0.250. The van der Waals surface area contributed by atoms with Crippen LogP contribution in [0, 0.1) is 0 Å². The van der Waals surface area contributed by atoms with E-state index in [0.717, 1.165) is 0 Å². The van der Waals surface area contributed by atoms with E-state index in [1.807, 2.05) is 12.2 Å². The minimum absolute atomic E-state index is 0.364. The summed E-state index contributed by atoms with van der Waals surface area (Å²) in [6.07, 6.45) is 3.75. The molecule has 4 nitrogen and oxygen atoms in total. The lowest BCUT2D eigenvalue weighted by atomic mass is 10.2. The number of hydrogen-bond acceptors (Lipinski definition) is 4. The van der Waals surface area contributed by atoms with Crippen molar-refractivity contribution in [2.75, 3.05) is 20.3 Å². The molecule has 0 aliphatic rings. The molecule has 92 valence electrons. The van der Waals surface area contributed by atoms with Gasteiger partial charge >= 0.3 is 5.97 Å². The van der Waals surface area contributed by atoms with Crippen LogP contribution >= 0.6 is 23.0 Å². The molecule has 0 atom stereocenters. The van der Waals surface area contributed by atoms with Crippen molar-refractivity contribution in [1.29, 1.82) is 0 Å². The maximum absolute atomic E-state index is 11.2. The predicted octanol–water partition coefficient (Wildman–Crippen LogP) is 2.77. The van der Waals surface area contributed by atoms with Crippen LogP contribution in [0.15, 0.2) is 36.4 Å². The molecule has 1 aromatic rings. The highest BCUT2D eigenvalue weighted by Crippen LogP contribution is 2.13. The zero-order chi connectivity index (χ0) is 12.5. The van der Waals surface area contributed by atoms with Gasteiger partial charge < -0.3 is 12.5 Å². The molecule has 0 spiro atoms. The summed E-state index contributed by atoms with van der Waals surface area (Å²) in [5, 5.41) is 0. The number of carbonyl (C=O) groups is 1. The van der Waals surface area contributed by atoms with Gasteiger partial charge in [-0.25, -0.2) is 4.79 Å².